The summed E-state index contributed by atoms with van der Waals surface area (Å²) in [6, 6.07) is 80.4. The van der Waals surface area contributed by atoms with Crippen LogP contribution < -0.4 is 0 Å². The van der Waals surface area contributed by atoms with Crippen LogP contribution in [0.3, 0.4) is 0 Å². The van der Waals surface area contributed by atoms with Crippen LogP contribution in [0, 0.1) is 0 Å². The molecule has 0 unspecified atom stereocenters. The van der Waals surface area contributed by atoms with Crippen molar-refractivity contribution in [1.29, 1.82) is 0 Å². The van der Waals surface area contributed by atoms with E-state index in [2.05, 4.69) is 182 Å². The van der Waals surface area contributed by atoms with Crippen molar-refractivity contribution < 1.29 is 0 Å². The van der Waals surface area contributed by atoms with Gasteiger partial charge in [0.05, 0.1) is 5.41 Å². The minimum atomic E-state index is -0.327. The number of benzene rings is 9. The second kappa shape index (κ2) is 14.1. The zero-order valence-corrected chi connectivity index (χ0v) is 33.2. The third-order valence-corrected chi connectivity index (χ3v) is 12.6. The van der Waals surface area contributed by atoms with E-state index in [9.17, 15) is 0 Å². The molecule has 0 aliphatic heterocycles. The lowest BCUT2D eigenvalue weighted by atomic mass is 9.70. The molecule has 1 aromatic heterocycles. The molecule has 0 bridgehead atoms. The average molecular weight is 776 g/mol. The van der Waals surface area contributed by atoms with Crippen molar-refractivity contribution in [3.8, 4) is 89.8 Å². The molecule has 0 N–H and O–H groups in total. The molecular weight excluding hydrogens is 739 g/mol. The second-order valence-electron chi connectivity index (χ2n) is 15.9. The normalized spacial score (nSPS) is 12.7. The van der Waals surface area contributed by atoms with Crippen LogP contribution in [-0.2, 0) is 5.41 Å². The van der Waals surface area contributed by atoms with E-state index in [1.165, 1.54) is 55.6 Å². The SMILES string of the molecule is c1ccc(-c2nc(-c3ccc(-c4ccc(-c5ccc6c(c5)-c5ccccc5C65c6ccccc6-c6ccccc65)cc4)cc3)nc(-c3ccccc3-c3ccccc3)n2)cc1. The summed E-state index contributed by atoms with van der Waals surface area (Å²) in [5.74, 6) is 1.93. The van der Waals surface area contributed by atoms with Gasteiger partial charge in [0.15, 0.2) is 17.5 Å². The molecule has 0 radical (unpaired) electrons. The van der Waals surface area contributed by atoms with Crippen LogP contribution in [0.5, 0.6) is 0 Å². The Kier molecular flexibility index (Phi) is 8.07. The van der Waals surface area contributed by atoms with Gasteiger partial charge in [-0.3, -0.25) is 0 Å². The maximum absolute atomic E-state index is 5.10. The largest absolute Gasteiger partial charge is 0.208 e. The molecule has 0 saturated heterocycles. The summed E-state index contributed by atoms with van der Waals surface area (Å²) in [5, 5.41) is 0. The van der Waals surface area contributed by atoms with Gasteiger partial charge in [-0.15, -0.1) is 0 Å². The van der Waals surface area contributed by atoms with Crippen molar-refractivity contribution in [1.82, 2.24) is 15.0 Å². The Labute approximate surface area is 355 Å². The highest BCUT2D eigenvalue weighted by atomic mass is 15.0. The molecule has 1 spiro atoms. The average Bonchev–Trinajstić information content (AvgIpc) is 3.82. The Balaban J connectivity index is 0.883. The lowest BCUT2D eigenvalue weighted by molar-refractivity contribution is 0.794. The van der Waals surface area contributed by atoms with Gasteiger partial charge in [-0.05, 0) is 84.0 Å². The zero-order chi connectivity index (χ0) is 40.3. The van der Waals surface area contributed by atoms with Crippen LogP contribution >= 0.6 is 0 Å². The Morgan fingerprint density at radius 1 is 0.213 bits per heavy atom. The predicted octanol–water partition coefficient (Wildman–Crippen LogP) is 14.2. The van der Waals surface area contributed by atoms with Crippen molar-refractivity contribution in [3.05, 3.63) is 247 Å². The summed E-state index contributed by atoms with van der Waals surface area (Å²) in [5.41, 5.74) is 20.1. The fourth-order valence-electron chi connectivity index (χ4n) is 9.84. The lowest BCUT2D eigenvalue weighted by Gasteiger charge is -2.30. The van der Waals surface area contributed by atoms with Crippen LogP contribution in [0.1, 0.15) is 22.3 Å². The molecule has 0 amide bonds. The molecule has 284 valence electrons. The molecule has 0 saturated carbocycles. The molecule has 61 heavy (non-hydrogen) atoms. The molecule has 2 aliphatic carbocycles. The molecule has 0 atom stereocenters. The van der Waals surface area contributed by atoms with Crippen molar-refractivity contribution in [3.63, 3.8) is 0 Å². The minimum Gasteiger partial charge on any atom is -0.208 e. The van der Waals surface area contributed by atoms with Gasteiger partial charge in [0, 0.05) is 16.7 Å². The van der Waals surface area contributed by atoms with Gasteiger partial charge in [-0.2, -0.15) is 0 Å². The van der Waals surface area contributed by atoms with Crippen molar-refractivity contribution >= 4 is 0 Å². The minimum absolute atomic E-state index is 0.327. The first-order valence-corrected chi connectivity index (χ1v) is 20.9. The summed E-state index contributed by atoms with van der Waals surface area (Å²) in [6.07, 6.45) is 0. The highest BCUT2D eigenvalue weighted by Crippen LogP contribution is 2.63. The first-order valence-electron chi connectivity index (χ1n) is 20.9. The molecule has 1 heterocycles. The molecule has 0 fully saturated rings. The Morgan fingerprint density at radius 3 is 1.10 bits per heavy atom. The van der Waals surface area contributed by atoms with Gasteiger partial charge in [-0.25, -0.2) is 15.0 Å². The van der Waals surface area contributed by atoms with Gasteiger partial charge in [-0.1, -0.05) is 218 Å². The fourth-order valence-corrected chi connectivity index (χ4v) is 9.84. The second-order valence-corrected chi connectivity index (χ2v) is 15.9. The monoisotopic (exact) mass is 775 g/mol. The first-order chi connectivity index (χ1) is 30.2. The van der Waals surface area contributed by atoms with Crippen LogP contribution in [0.2, 0.25) is 0 Å². The van der Waals surface area contributed by atoms with Crippen molar-refractivity contribution in [2.45, 2.75) is 5.41 Å². The summed E-state index contributed by atoms with van der Waals surface area (Å²) in [4.78, 5) is 15.1. The number of nitrogens with zero attached hydrogens (tertiary/aromatic N) is 3. The molecule has 3 nitrogen and oxygen atoms in total. The first kappa shape index (κ1) is 35.0. The summed E-state index contributed by atoms with van der Waals surface area (Å²) < 4.78 is 0. The smallest absolute Gasteiger partial charge is 0.164 e. The topological polar surface area (TPSA) is 38.7 Å². The maximum Gasteiger partial charge on any atom is 0.164 e. The highest BCUT2D eigenvalue weighted by molar-refractivity contribution is 5.96. The van der Waals surface area contributed by atoms with E-state index in [-0.39, 0.29) is 5.41 Å². The number of rotatable bonds is 6. The number of hydrogen-bond donors (Lipinski definition) is 0. The third-order valence-electron chi connectivity index (χ3n) is 12.6. The third kappa shape index (κ3) is 5.55. The van der Waals surface area contributed by atoms with E-state index < -0.39 is 0 Å². The van der Waals surface area contributed by atoms with Crippen molar-refractivity contribution in [2.24, 2.45) is 0 Å². The van der Waals surface area contributed by atoms with Gasteiger partial charge in [0.25, 0.3) is 0 Å². The van der Waals surface area contributed by atoms with Gasteiger partial charge in [0.1, 0.15) is 0 Å². The van der Waals surface area contributed by atoms with Gasteiger partial charge < -0.3 is 0 Å². The quantitative estimate of drug-likeness (QED) is 0.169. The van der Waals surface area contributed by atoms with E-state index in [0.717, 1.165) is 38.9 Å². The lowest BCUT2D eigenvalue weighted by Crippen LogP contribution is -2.25. The van der Waals surface area contributed by atoms with E-state index in [4.69, 9.17) is 15.0 Å². The standard InChI is InChI=1S/C58H37N3/c1-3-15-41(16-4-1)45-19-7-8-23-49(45)57-60-55(42-17-5-2-6-18-42)59-56(61-57)43-33-31-39(32-34-43)38-27-29-40(30-28-38)44-35-36-54-50(37-44)48-22-11-14-26-53(48)58(54)51-24-12-9-20-46(51)47-21-10-13-25-52(47)58/h1-37H. The molecule has 12 rings (SSSR count). The van der Waals surface area contributed by atoms with Crippen LogP contribution in [0.25, 0.3) is 89.8 Å². The molecule has 9 aromatic carbocycles. The summed E-state index contributed by atoms with van der Waals surface area (Å²) >= 11 is 0. The molecular formula is C58H37N3. The fraction of sp³-hybridized carbons (Fsp3) is 0.0172. The Morgan fingerprint density at radius 2 is 0.557 bits per heavy atom. The molecule has 3 heteroatoms. The molecule has 10 aromatic rings. The number of aromatic nitrogens is 3. The highest BCUT2D eigenvalue weighted by Gasteiger charge is 2.51. The van der Waals surface area contributed by atoms with Crippen LogP contribution in [-0.4, -0.2) is 15.0 Å². The van der Waals surface area contributed by atoms with Gasteiger partial charge >= 0.3 is 0 Å². The molecule has 2 aliphatic rings. The van der Waals surface area contributed by atoms with Crippen LogP contribution in [0.15, 0.2) is 224 Å². The number of fused-ring (bicyclic) bond motifs is 10. The van der Waals surface area contributed by atoms with E-state index in [0.29, 0.717) is 17.5 Å². The summed E-state index contributed by atoms with van der Waals surface area (Å²) in [7, 11) is 0. The van der Waals surface area contributed by atoms with E-state index >= 15 is 0 Å². The van der Waals surface area contributed by atoms with E-state index in [1.807, 2.05) is 42.5 Å². The number of hydrogen-bond acceptors (Lipinski definition) is 3. The maximum atomic E-state index is 5.10. The van der Waals surface area contributed by atoms with Gasteiger partial charge in [0.2, 0.25) is 0 Å². The Bertz CT molecular complexity index is 3230. The zero-order valence-electron chi connectivity index (χ0n) is 33.2. The summed E-state index contributed by atoms with van der Waals surface area (Å²) in [6.45, 7) is 0. The van der Waals surface area contributed by atoms with Crippen molar-refractivity contribution in [2.75, 3.05) is 0 Å². The predicted molar refractivity (Wildman–Crippen MR) is 249 cm³/mol. The van der Waals surface area contributed by atoms with E-state index in [1.54, 1.807) is 0 Å². The Hall–Kier alpha value is -8.01. The van der Waals surface area contributed by atoms with Crippen LogP contribution in [0.4, 0.5) is 0 Å².